The first-order valence-corrected chi connectivity index (χ1v) is 7.72. The molecule has 132 valence electrons. The summed E-state index contributed by atoms with van der Waals surface area (Å²) in [5.41, 5.74) is 0.724. The van der Waals surface area contributed by atoms with E-state index in [4.69, 9.17) is 0 Å². The zero-order valence-electron chi connectivity index (χ0n) is 14.9. The standard InChI is InChI=1S/C17H26N4O3/c1-17(2,11-15(23)21(4)5)10-14(22)19-12-7-6-8-13(9-12)20-16(24)18-3/h6-9H,10-11H2,1-5H3,(H,19,22)(H2,18,20,24). The second-order valence-electron chi connectivity index (χ2n) is 6.64. The van der Waals surface area contributed by atoms with Crippen molar-refractivity contribution in [3.63, 3.8) is 0 Å². The highest BCUT2D eigenvalue weighted by atomic mass is 16.2. The smallest absolute Gasteiger partial charge is 0.318 e. The zero-order valence-corrected chi connectivity index (χ0v) is 14.9. The molecule has 4 amide bonds. The van der Waals surface area contributed by atoms with E-state index in [2.05, 4.69) is 16.0 Å². The number of nitrogens with zero attached hydrogens (tertiary/aromatic N) is 1. The minimum absolute atomic E-state index is 0.00965. The molecule has 0 spiro atoms. The zero-order chi connectivity index (χ0) is 18.3. The van der Waals surface area contributed by atoms with Crippen molar-refractivity contribution in [3.05, 3.63) is 24.3 Å². The van der Waals surface area contributed by atoms with E-state index in [9.17, 15) is 14.4 Å². The molecule has 0 atom stereocenters. The van der Waals surface area contributed by atoms with Crippen LogP contribution in [0.1, 0.15) is 26.7 Å². The van der Waals surface area contributed by atoms with E-state index in [1.165, 1.54) is 11.9 Å². The third kappa shape index (κ3) is 6.68. The molecule has 0 bridgehead atoms. The first kappa shape index (κ1) is 19.5. The predicted molar refractivity (Wildman–Crippen MR) is 94.9 cm³/mol. The number of hydrogen-bond acceptors (Lipinski definition) is 3. The quantitative estimate of drug-likeness (QED) is 0.745. The SMILES string of the molecule is CNC(=O)Nc1cccc(NC(=O)CC(C)(C)CC(=O)N(C)C)c1. The molecule has 1 aromatic carbocycles. The number of rotatable bonds is 6. The number of carbonyl (C=O) groups is 3. The molecule has 7 nitrogen and oxygen atoms in total. The Morgan fingerprint density at radius 3 is 2.17 bits per heavy atom. The highest BCUT2D eigenvalue weighted by Gasteiger charge is 2.26. The number of benzene rings is 1. The van der Waals surface area contributed by atoms with Crippen molar-refractivity contribution >= 4 is 29.2 Å². The summed E-state index contributed by atoms with van der Waals surface area (Å²) in [6.45, 7) is 3.77. The Hall–Kier alpha value is -2.57. The minimum Gasteiger partial charge on any atom is -0.349 e. The minimum atomic E-state index is -0.441. The molecule has 24 heavy (non-hydrogen) atoms. The molecule has 0 aromatic heterocycles. The van der Waals surface area contributed by atoms with Crippen molar-refractivity contribution in [1.82, 2.24) is 10.2 Å². The Morgan fingerprint density at radius 1 is 1.04 bits per heavy atom. The molecular formula is C17H26N4O3. The summed E-state index contributed by atoms with van der Waals surface area (Å²) in [7, 11) is 4.92. The molecule has 0 aliphatic heterocycles. The van der Waals surface area contributed by atoms with Crippen LogP contribution in [0, 0.1) is 5.41 Å². The van der Waals surface area contributed by atoms with Crippen LogP contribution in [-0.2, 0) is 9.59 Å². The summed E-state index contributed by atoms with van der Waals surface area (Å²) in [5.74, 6) is -0.187. The van der Waals surface area contributed by atoms with Gasteiger partial charge in [-0.25, -0.2) is 4.79 Å². The molecule has 7 heteroatoms. The molecule has 0 aliphatic rings. The van der Waals surface area contributed by atoms with Crippen LogP contribution in [0.25, 0.3) is 0 Å². The first-order chi connectivity index (χ1) is 11.1. The maximum Gasteiger partial charge on any atom is 0.318 e. The molecule has 0 radical (unpaired) electrons. The fourth-order valence-electron chi connectivity index (χ4n) is 2.14. The van der Waals surface area contributed by atoms with Gasteiger partial charge in [-0.3, -0.25) is 9.59 Å². The molecule has 3 N–H and O–H groups in total. The van der Waals surface area contributed by atoms with Crippen LogP contribution in [0.3, 0.4) is 0 Å². The Bertz CT molecular complexity index is 612. The summed E-state index contributed by atoms with van der Waals surface area (Å²) in [6.07, 6.45) is 0.519. The average Bonchev–Trinajstić information content (AvgIpc) is 2.45. The highest BCUT2D eigenvalue weighted by Crippen LogP contribution is 2.26. The number of nitrogens with one attached hydrogen (secondary N) is 3. The van der Waals surface area contributed by atoms with Gasteiger partial charge in [0.2, 0.25) is 11.8 Å². The van der Waals surface area contributed by atoms with E-state index in [-0.39, 0.29) is 24.3 Å². The topological polar surface area (TPSA) is 90.5 Å². The Kier molecular flexibility index (Phi) is 6.76. The molecule has 1 aromatic rings. The van der Waals surface area contributed by atoms with Gasteiger partial charge in [-0.1, -0.05) is 19.9 Å². The van der Waals surface area contributed by atoms with Gasteiger partial charge in [0.25, 0.3) is 0 Å². The number of urea groups is 1. The summed E-state index contributed by atoms with van der Waals surface area (Å²) in [6, 6.07) is 6.55. The lowest BCUT2D eigenvalue weighted by molar-refractivity contribution is -0.131. The van der Waals surface area contributed by atoms with Crippen molar-refractivity contribution in [2.75, 3.05) is 31.8 Å². The molecule has 0 saturated heterocycles. The first-order valence-electron chi connectivity index (χ1n) is 7.72. The van der Waals surface area contributed by atoms with Gasteiger partial charge in [0, 0.05) is 45.4 Å². The molecule has 0 fully saturated rings. The van der Waals surface area contributed by atoms with Crippen LogP contribution in [0.5, 0.6) is 0 Å². The molecule has 1 rings (SSSR count). The van der Waals surface area contributed by atoms with Gasteiger partial charge < -0.3 is 20.9 Å². The third-order valence-corrected chi connectivity index (χ3v) is 3.40. The lowest BCUT2D eigenvalue weighted by Gasteiger charge is -2.25. The maximum absolute atomic E-state index is 12.2. The van der Waals surface area contributed by atoms with Gasteiger partial charge in [0.15, 0.2) is 0 Å². The number of anilines is 2. The molecule has 0 heterocycles. The molecule has 0 unspecified atom stereocenters. The second-order valence-corrected chi connectivity index (χ2v) is 6.64. The molecule has 0 aliphatic carbocycles. The van der Waals surface area contributed by atoms with E-state index >= 15 is 0 Å². The highest BCUT2D eigenvalue weighted by molar-refractivity contribution is 5.94. The molecular weight excluding hydrogens is 308 g/mol. The van der Waals surface area contributed by atoms with Gasteiger partial charge in [-0.15, -0.1) is 0 Å². The van der Waals surface area contributed by atoms with Gasteiger partial charge >= 0.3 is 6.03 Å². The van der Waals surface area contributed by atoms with E-state index in [0.29, 0.717) is 17.8 Å². The summed E-state index contributed by atoms with van der Waals surface area (Å²) < 4.78 is 0. The van der Waals surface area contributed by atoms with E-state index in [1.54, 1.807) is 38.4 Å². The Labute approximate surface area is 142 Å². The van der Waals surface area contributed by atoms with Gasteiger partial charge in [-0.2, -0.15) is 0 Å². The number of hydrogen-bond donors (Lipinski definition) is 3. The van der Waals surface area contributed by atoms with Crippen LogP contribution in [0.15, 0.2) is 24.3 Å². The van der Waals surface area contributed by atoms with Crippen LogP contribution < -0.4 is 16.0 Å². The van der Waals surface area contributed by atoms with Gasteiger partial charge in [-0.05, 0) is 23.6 Å². The normalized spacial score (nSPS) is 10.7. The molecule has 0 saturated carbocycles. The number of carbonyl (C=O) groups excluding carboxylic acids is 3. The predicted octanol–water partition coefficient (Wildman–Crippen LogP) is 2.27. The fraction of sp³-hybridized carbons (Fsp3) is 0.471. The monoisotopic (exact) mass is 334 g/mol. The van der Waals surface area contributed by atoms with Crippen molar-refractivity contribution in [2.24, 2.45) is 5.41 Å². The summed E-state index contributed by atoms with van der Waals surface area (Å²) in [4.78, 5) is 36.9. The van der Waals surface area contributed by atoms with E-state index in [1.807, 2.05) is 13.8 Å². The van der Waals surface area contributed by atoms with Crippen LogP contribution in [0.4, 0.5) is 16.2 Å². The number of amides is 4. The van der Waals surface area contributed by atoms with Crippen molar-refractivity contribution in [3.8, 4) is 0 Å². The van der Waals surface area contributed by atoms with Crippen molar-refractivity contribution in [2.45, 2.75) is 26.7 Å². The van der Waals surface area contributed by atoms with Crippen LogP contribution in [0.2, 0.25) is 0 Å². The fourth-order valence-corrected chi connectivity index (χ4v) is 2.14. The Balaban J connectivity index is 2.66. The van der Waals surface area contributed by atoms with E-state index < -0.39 is 5.41 Å². The summed E-state index contributed by atoms with van der Waals surface area (Å²) >= 11 is 0. The van der Waals surface area contributed by atoms with Crippen LogP contribution >= 0.6 is 0 Å². The Morgan fingerprint density at radius 2 is 1.62 bits per heavy atom. The second kappa shape index (κ2) is 8.33. The van der Waals surface area contributed by atoms with Crippen LogP contribution in [-0.4, -0.2) is 43.9 Å². The summed E-state index contributed by atoms with van der Waals surface area (Å²) in [5, 5.41) is 7.90. The van der Waals surface area contributed by atoms with E-state index in [0.717, 1.165) is 0 Å². The lowest BCUT2D eigenvalue weighted by Crippen LogP contribution is -2.30. The van der Waals surface area contributed by atoms with Gasteiger partial charge in [0.1, 0.15) is 0 Å². The third-order valence-electron chi connectivity index (χ3n) is 3.40. The average molecular weight is 334 g/mol. The lowest BCUT2D eigenvalue weighted by atomic mass is 9.85. The largest absolute Gasteiger partial charge is 0.349 e. The van der Waals surface area contributed by atoms with Crippen molar-refractivity contribution < 1.29 is 14.4 Å². The maximum atomic E-state index is 12.2. The van der Waals surface area contributed by atoms with Crippen molar-refractivity contribution in [1.29, 1.82) is 0 Å². The van der Waals surface area contributed by atoms with Gasteiger partial charge in [0.05, 0.1) is 0 Å².